The van der Waals surface area contributed by atoms with Crippen molar-refractivity contribution in [3.63, 3.8) is 0 Å². The molecule has 0 atom stereocenters. The third kappa shape index (κ3) is 3.52. The minimum Gasteiger partial charge on any atom is -0.324 e. The zero-order valence-electron chi connectivity index (χ0n) is 11.3. The summed E-state index contributed by atoms with van der Waals surface area (Å²) in [4.78, 5) is 11.9. The Kier molecular flexibility index (Phi) is 5.03. The van der Waals surface area contributed by atoms with Crippen LogP contribution in [-0.2, 0) is 18.3 Å². The molecule has 0 fully saturated rings. The zero-order valence-corrected chi connectivity index (χ0v) is 12.8. The first-order valence-corrected chi connectivity index (χ1v) is 7.53. The van der Waals surface area contributed by atoms with Crippen LogP contribution in [-0.4, -0.2) is 26.4 Å². The van der Waals surface area contributed by atoms with Gasteiger partial charge < -0.3 is 9.88 Å². The van der Waals surface area contributed by atoms with Crippen molar-refractivity contribution in [2.24, 2.45) is 7.05 Å². The number of carbonyl (C=O) groups is 1. The molecule has 1 heterocycles. The van der Waals surface area contributed by atoms with Crippen molar-refractivity contribution in [2.45, 2.75) is 18.5 Å². The number of halogens is 1. The number of carbonyl (C=O) groups excluding carboxylic acids is 1. The van der Waals surface area contributed by atoms with Crippen LogP contribution in [0, 0.1) is 0 Å². The maximum absolute atomic E-state index is 11.9. The summed E-state index contributed by atoms with van der Waals surface area (Å²) in [5, 5.41) is 12.1. The second kappa shape index (κ2) is 6.76. The predicted molar refractivity (Wildman–Crippen MR) is 81.2 cm³/mol. The highest BCUT2D eigenvalue weighted by molar-refractivity contribution is 7.99. The quantitative estimate of drug-likeness (QED) is 0.863. The molecule has 20 heavy (non-hydrogen) atoms. The average molecular weight is 311 g/mol. The molecule has 0 unspecified atom stereocenters. The normalized spacial score (nSPS) is 10.6. The summed E-state index contributed by atoms with van der Waals surface area (Å²) >= 11 is 7.34. The summed E-state index contributed by atoms with van der Waals surface area (Å²) in [5.74, 6) is 1.05. The third-order valence-electron chi connectivity index (χ3n) is 2.72. The first-order chi connectivity index (χ1) is 9.61. The number of nitrogens with one attached hydrogen (secondary N) is 1. The number of aryl methyl sites for hydroxylation is 1. The summed E-state index contributed by atoms with van der Waals surface area (Å²) in [6.45, 7) is 2.02. The highest BCUT2D eigenvalue weighted by atomic mass is 35.5. The van der Waals surface area contributed by atoms with Gasteiger partial charge in [-0.3, -0.25) is 4.79 Å². The topological polar surface area (TPSA) is 59.8 Å². The molecule has 0 aliphatic heterocycles. The highest BCUT2D eigenvalue weighted by Crippen LogP contribution is 2.21. The van der Waals surface area contributed by atoms with Crippen molar-refractivity contribution < 1.29 is 4.79 Å². The van der Waals surface area contributed by atoms with E-state index in [0.29, 0.717) is 10.7 Å². The fourth-order valence-electron chi connectivity index (χ4n) is 1.66. The molecule has 0 saturated carbocycles. The van der Waals surface area contributed by atoms with Crippen LogP contribution in [0.1, 0.15) is 12.7 Å². The maximum atomic E-state index is 11.9. The van der Waals surface area contributed by atoms with E-state index in [9.17, 15) is 4.79 Å². The van der Waals surface area contributed by atoms with Crippen LogP contribution in [0.4, 0.5) is 5.69 Å². The number of thioether (sulfide) groups is 1. The molecule has 1 amide bonds. The molecule has 0 spiro atoms. The monoisotopic (exact) mass is 310 g/mol. The molecule has 106 valence electrons. The molecule has 0 bridgehead atoms. The molecule has 1 aromatic heterocycles. The lowest BCUT2D eigenvalue weighted by atomic mass is 10.3. The summed E-state index contributed by atoms with van der Waals surface area (Å²) in [6, 6.07) is 7.15. The van der Waals surface area contributed by atoms with Crippen molar-refractivity contribution >= 4 is 35.0 Å². The molecule has 5 nitrogen and oxygen atoms in total. The van der Waals surface area contributed by atoms with E-state index in [1.54, 1.807) is 12.1 Å². The number of para-hydroxylation sites is 1. The van der Waals surface area contributed by atoms with E-state index in [2.05, 4.69) is 15.5 Å². The molecule has 1 aromatic carbocycles. The predicted octanol–water partition coefficient (Wildman–Crippen LogP) is 2.76. The van der Waals surface area contributed by atoms with Crippen LogP contribution in [0.25, 0.3) is 0 Å². The Balaban J connectivity index is 1.92. The second-order valence-electron chi connectivity index (χ2n) is 4.13. The Morgan fingerprint density at radius 1 is 1.40 bits per heavy atom. The Bertz CT molecular complexity index is 614. The van der Waals surface area contributed by atoms with E-state index in [-0.39, 0.29) is 11.7 Å². The van der Waals surface area contributed by atoms with Gasteiger partial charge in [-0.25, -0.2) is 0 Å². The minimum atomic E-state index is -0.121. The fraction of sp³-hybridized carbons (Fsp3) is 0.308. The van der Waals surface area contributed by atoms with Crippen molar-refractivity contribution in [3.8, 4) is 0 Å². The minimum absolute atomic E-state index is 0.121. The van der Waals surface area contributed by atoms with Crippen molar-refractivity contribution in [3.05, 3.63) is 35.1 Å². The number of benzene rings is 1. The number of hydrogen-bond donors (Lipinski definition) is 1. The Hall–Kier alpha value is -1.53. The number of amides is 1. The number of anilines is 1. The van der Waals surface area contributed by atoms with Crippen molar-refractivity contribution in [1.29, 1.82) is 0 Å². The number of aromatic nitrogens is 3. The van der Waals surface area contributed by atoms with Gasteiger partial charge in [0.2, 0.25) is 5.91 Å². The van der Waals surface area contributed by atoms with Gasteiger partial charge in [-0.15, -0.1) is 10.2 Å². The third-order valence-corrected chi connectivity index (χ3v) is 4.07. The van der Waals surface area contributed by atoms with Crippen LogP contribution in [0.15, 0.2) is 29.4 Å². The smallest absolute Gasteiger partial charge is 0.234 e. The molecule has 7 heteroatoms. The summed E-state index contributed by atoms with van der Waals surface area (Å²) in [5.41, 5.74) is 0.618. The van der Waals surface area contributed by atoms with Gasteiger partial charge in [0.25, 0.3) is 0 Å². The van der Waals surface area contributed by atoms with Crippen LogP contribution in [0.3, 0.4) is 0 Å². The Labute approximate surface area is 126 Å². The zero-order chi connectivity index (χ0) is 14.5. The molecule has 1 N–H and O–H groups in total. The van der Waals surface area contributed by atoms with Gasteiger partial charge in [-0.2, -0.15) is 0 Å². The van der Waals surface area contributed by atoms with Gasteiger partial charge in [0.1, 0.15) is 5.82 Å². The lowest BCUT2D eigenvalue weighted by Gasteiger charge is -2.06. The van der Waals surface area contributed by atoms with Gasteiger partial charge in [0.15, 0.2) is 5.16 Å². The first kappa shape index (κ1) is 14.9. The van der Waals surface area contributed by atoms with Crippen LogP contribution in [0.2, 0.25) is 5.02 Å². The van der Waals surface area contributed by atoms with Crippen LogP contribution in [0.5, 0.6) is 0 Å². The molecule has 0 radical (unpaired) electrons. The lowest BCUT2D eigenvalue weighted by Crippen LogP contribution is -2.14. The fourth-order valence-corrected chi connectivity index (χ4v) is 2.57. The highest BCUT2D eigenvalue weighted by Gasteiger charge is 2.11. The van der Waals surface area contributed by atoms with E-state index in [4.69, 9.17) is 11.6 Å². The molecular formula is C13H15ClN4OS. The van der Waals surface area contributed by atoms with E-state index in [1.807, 2.05) is 30.7 Å². The van der Waals surface area contributed by atoms with Gasteiger partial charge in [0, 0.05) is 13.5 Å². The number of rotatable bonds is 5. The van der Waals surface area contributed by atoms with Crippen LogP contribution >= 0.6 is 23.4 Å². The Morgan fingerprint density at radius 3 is 2.80 bits per heavy atom. The Morgan fingerprint density at radius 2 is 2.15 bits per heavy atom. The van der Waals surface area contributed by atoms with Gasteiger partial charge in [-0.1, -0.05) is 42.4 Å². The molecule has 2 aromatic rings. The number of hydrogen-bond acceptors (Lipinski definition) is 4. The van der Waals surface area contributed by atoms with Gasteiger partial charge in [-0.05, 0) is 12.1 Å². The average Bonchev–Trinajstić information content (AvgIpc) is 2.79. The summed E-state index contributed by atoms with van der Waals surface area (Å²) in [6.07, 6.45) is 0.815. The molecule has 2 rings (SSSR count). The largest absolute Gasteiger partial charge is 0.324 e. The van der Waals surface area contributed by atoms with Gasteiger partial charge in [0.05, 0.1) is 16.5 Å². The maximum Gasteiger partial charge on any atom is 0.234 e. The van der Waals surface area contributed by atoms with E-state index >= 15 is 0 Å². The SMILES string of the molecule is CCc1nnc(SCC(=O)Nc2ccccc2Cl)n1C. The molecule has 0 aliphatic carbocycles. The molecular weight excluding hydrogens is 296 g/mol. The van der Waals surface area contributed by atoms with E-state index in [0.717, 1.165) is 17.4 Å². The lowest BCUT2D eigenvalue weighted by molar-refractivity contribution is -0.113. The van der Waals surface area contributed by atoms with E-state index < -0.39 is 0 Å². The van der Waals surface area contributed by atoms with Crippen molar-refractivity contribution in [1.82, 2.24) is 14.8 Å². The summed E-state index contributed by atoms with van der Waals surface area (Å²) in [7, 11) is 1.90. The van der Waals surface area contributed by atoms with Crippen molar-refractivity contribution in [2.75, 3.05) is 11.1 Å². The van der Waals surface area contributed by atoms with E-state index in [1.165, 1.54) is 11.8 Å². The molecule has 0 saturated heterocycles. The first-order valence-electron chi connectivity index (χ1n) is 6.17. The standard InChI is InChI=1S/C13H15ClN4OS/c1-3-11-16-17-13(18(11)2)20-8-12(19)15-10-7-5-4-6-9(10)14/h4-7H,3,8H2,1-2H3,(H,15,19). The summed E-state index contributed by atoms with van der Waals surface area (Å²) < 4.78 is 1.90. The second-order valence-corrected chi connectivity index (χ2v) is 5.48. The van der Waals surface area contributed by atoms with Crippen LogP contribution < -0.4 is 5.32 Å². The number of nitrogens with zero attached hydrogens (tertiary/aromatic N) is 3. The molecule has 0 aliphatic rings. The van der Waals surface area contributed by atoms with Gasteiger partial charge >= 0.3 is 0 Å².